The molecular weight excluding hydrogens is 667 g/mol. The van der Waals surface area contributed by atoms with Gasteiger partial charge in [-0.05, 0) is 86.3 Å². The molecular formula is C34H34F7NO5S. The minimum Gasteiger partial charge on any atom is -0.481 e. The van der Waals surface area contributed by atoms with Crippen molar-refractivity contribution >= 4 is 27.3 Å². The van der Waals surface area contributed by atoms with Gasteiger partial charge in [-0.2, -0.15) is 26.3 Å². The predicted octanol–water partition coefficient (Wildman–Crippen LogP) is 7.89. The number of amides is 1. The van der Waals surface area contributed by atoms with E-state index in [1.807, 2.05) is 19.1 Å². The number of hydrogen-bond donors (Lipinski definition) is 1. The van der Waals surface area contributed by atoms with E-state index >= 15 is 0 Å². The SMILES string of the molecule is CC1=CCCC=C1c1cccc(S(=O)(=O)C2(c3ccc(C(F)(C(F)(F)F)C(F)(F)F)cc3)CCN(C(=O)C3CCC(C(=O)O)CC3)C2)c1. The van der Waals surface area contributed by atoms with Crippen molar-refractivity contribution in [3.05, 3.63) is 82.9 Å². The Balaban J connectivity index is 1.57. The van der Waals surface area contributed by atoms with E-state index in [1.165, 1.54) is 23.1 Å². The van der Waals surface area contributed by atoms with Crippen molar-refractivity contribution in [3.8, 4) is 0 Å². The number of carboxylic acids is 1. The van der Waals surface area contributed by atoms with Crippen LogP contribution in [0.5, 0.6) is 0 Å². The first-order valence-corrected chi connectivity index (χ1v) is 17.0. The summed E-state index contributed by atoms with van der Waals surface area (Å²) in [6.45, 7) is 1.33. The van der Waals surface area contributed by atoms with Crippen LogP contribution >= 0.6 is 0 Å². The van der Waals surface area contributed by atoms with Crippen molar-refractivity contribution in [2.75, 3.05) is 13.1 Å². The fourth-order valence-corrected chi connectivity index (χ4v) is 9.24. The van der Waals surface area contributed by atoms with E-state index in [2.05, 4.69) is 0 Å². The highest BCUT2D eigenvalue weighted by molar-refractivity contribution is 7.92. The maximum atomic E-state index is 14.9. The predicted molar refractivity (Wildman–Crippen MR) is 162 cm³/mol. The lowest BCUT2D eigenvalue weighted by Gasteiger charge is -2.33. The number of halogens is 7. The monoisotopic (exact) mass is 701 g/mol. The zero-order chi connectivity index (χ0) is 35.3. The van der Waals surface area contributed by atoms with E-state index in [4.69, 9.17) is 0 Å². The van der Waals surface area contributed by atoms with Gasteiger partial charge in [-0.3, -0.25) is 9.59 Å². The van der Waals surface area contributed by atoms with Crippen LogP contribution in [0.15, 0.2) is 71.2 Å². The van der Waals surface area contributed by atoms with Crippen LogP contribution < -0.4 is 0 Å². The van der Waals surface area contributed by atoms with Crippen LogP contribution in [0.3, 0.4) is 0 Å². The van der Waals surface area contributed by atoms with E-state index in [1.54, 1.807) is 6.07 Å². The number of rotatable bonds is 7. The van der Waals surface area contributed by atoms with Crippen LogP contribution in [-0.2, 0) is 29.8 Å². The van der Waals surface area contributed by atoms with Gasteiger partial charge in [0.25, 0.3) is 0 Å². The Labute approximate surface area is 273 Å². The standard InChI is InChI=1S/C34H34F7NO5S/c1-21-5-2-3-8-28(21)24-6-4-7-27(19-24)48(46,47)31(17-18-42(20-31)29(43)22-9-11-23(12-10-22)30(44)45)25-13-15-26(16-14-25)32(35,33(36,37)38)34(39,40)41/h4-8,13-16,19,22-23H,2-3,9-12,17-18,20H2,1H3,(H,44,45). The van der Waals surface area contributed by atoms with Crippen molar-refractivity contribution < 1.29 is 53.8 Å². The molecule has 260 valence electrons. The molecule has 1 amide bonds. The molecule has 2 aliphatic carbocycles. The molecule has 3 aliphatic rings. The van der Waals surface area contributed by atoms with Gasteiger partial charge in [-0.25, -0.2) is 12.8 Å². The molecule has 0 radical (unpaired) electrons. The Morgan fingerprint density at radius 3 is 2.00 bits per heavy atom. The number of benzene rings is 2. The van der Waals surface area contributed by atoms with Gasteiger partial charge in [0.05, 0.1) is 10.8 Å². The Bertz CT molecular complexity index is 1730. The van der Waals surface area contributed by atoms with E-state index in [0.717, 1.165) is 36.1 Å². The lowest BCUT2D eigenvalue weighted by molar-refractivity contribution is -0.348. The van der Waals surface area contributed by atoms with Crippen molar-refractivity contribution in [3.63, 3.8) is 0 Å². The molecule has 2 aromatic rings. The quantitative estimate of drug-likeness (QED) is 0.297. The fraction of sp³-hybridized carbons (Fsp3) is 0.471. The first-order chi connectivity index (χ1) is 22.3. The van der Waals surface area contributed by atoms with Crippen LogP contribution in [0.1, 0.15) is 68.6 Å². The molecule has 0 bridgehead atoms. The second-order valence-corrected chi connectivity index (χ2v) is 15.0. The number of aliphatic carboxylic acids is 1. The van der Waals surface area contributed by atoms with Crippen molar-refractivity contribution in [1.82, 2.24) is 4.90 Å². The van der Waals surface area contributed by atoms with Crippen LogP contribution in [0.25, 0.3) is 5.57 Å². The average Bonchev–Trinajstić information content (AvgIpc) is 3.51. The number of allylic oxidation sites excluding steroid dienone is 4. The molecule has 1 heterocycles. The molecule has 0 aromatic heterocycles. The summed E-state index contributed by atoms with van der Waals surface area (Å²) in [7, 11) is -4.51. The maximum absolute atomic E-state index is 14.9. The summed E-state index contributed by atoms with van der Waals surface area (Å²) < 4.78 is 123. The molecule has 2 fully saturated rings. The van der Waals surface area contributed by atoms with Crippen LogP contribution in [0.2, 0.25) is 0 Å². The Hall–Kier alpha value is -3.68. The highest BCUT2D eigenvalue weighted by atomic mass is 32.2. The average molecular weight is 702 g/mol. The van der Waals surface area contributed by atoms with Gasteiger partial charge < -0.3 is 10.0 Å². The summed E-state index contributed by atoms with van der Waals surface area (Å²) in [6, 6.07) is 8.15. The van der Waals surface area contributed by atoms with Gasteiger partial charge in [0.15, 0.2) is 9.84 Å². The molecule has 5 rings (SSSR count). The largest absolute Gasteiger partial charge is 0.481 e. The van der Waals surface area contributed by atoms with Gasteiger partial charge in [0.2, 0.25) is 5.91 Å². The molecule has 1 aliphatic heterocycles. The van der Waals surface area contributed by atoms with Gasteiger partial charge in [-0.15, -0.1) is 0 Å². The third kappa shape index (κ3) is 6.05. The molecule has 0 spiro atoms. The number of sulfone groups is 1. The highest BCUT2D eigenvalue weighted by Crippen LogP contribution is 2.54. The third-order valence-electron chi connectivity index (χ3n) is 9.92. The van der Waals surface area contributed by atoms with Crippen molar-refractivity contribution in [2.24, 2.45) is 11.8 Å². The van der Waals surface area contributed by atoms with Gasteiger partial charge in [-0.1, -0.05) is 48.6 Å². The second-order valence-electron chi connectivity index (χ2n) is 12.7. The summed E-state index contributed by atoms with van der Waals surface area (Å²) >= 11 is 0. The first-order valence-electron chi connectivity index (χ1n) is 15.5. The second kappa shape index (κ2) is 12.6. The number of alkyl halides is 7. The molecule has 1 atom stereocenters. The van der Waals surface area contributed by atoms with Gasteiger partial charge >= 0.3 is 24.0 Å². The zero-order valence-corrected chi connectivity index (χ0v) is 26.7. The van der Waals surface area contributed by atoms with Gasteiger partial charge in [0.1, 0.15) is 4.75 Å². The minimum atomic E-state index is -6.35. The normalized spacial score (nSPS) is 24.2. The van der Waals surface area contributed by atoms with Crippen LogP contribution in [0, 0.1) is 11.8 Å². The highest BCUT2D eigenvalue weighted by Gasteiger charge is 2.73. The Morgan fingerprint density at radius 2 is 1.44 bits per heavy atom. The maximum Gasteiger partial charge on any atom is 0.435 e. The van der Waals surface area contributed by atoms with Crippen molar-refractivity contribution in [2.45, 2.75) is 79.5 Å². The number of carbonyl (C=O) groups is 2. The zero-order valence-electron chi connectivity index (χ0n) is 25.9. The lowest BCUT2D eigenvalue weighted by Crippen LogP contribution is -2.50. The number of hydrogen-bond acceptors (Lipinski definition) is 4. The molecule has 1 saturated carbocycles. The molecule has 2 aromatic carbocycles. The summed E-state index contributed by atoms with van der Waals surface area (Å²) in [6.07, 6.45) is -6.39. The Morgan fingerprint density at radius 1 is 0.854 bits per heavy atom. The van der Waals surface area contributed by atoms with Crippen LogP contribution in [0.4, 0.5) is 30.7 Å². The molecule has 1 N–H and O–H groups in total. The fourth-order valence-electron chi connectivity index (χ4n) is 7.12. The number of nitrogens with zero attached hydrogens (tertiary/aromatic N) is 1. The minimum absolute atomic E-state index is 0.0937. The topological polar surface area (TPSA) is 91.8 Å². The van der Waals surface area contributed by atoms with Crippen LogP contribution in [-0.4, -0.2) is 55.7 Å². The molecule has 1 saturated heterocycles. The van der Waals surface area contributed by atoms with E-state index in [-0.39, 0.29) is 49.1 Å². The molecule has 1 unspecified atom stereocenters. The van der Waals surface area contributed by atoms with E-state index in [0.29, 0.717) is 17.7 Å². The third-order valence-corrected chi connectivity index (χ3v) is 12.4. The lowest BCUT2D eigenvalue weighted by atomic mass is 9.81. The summed E-state index contributed by atoms with van der Waals surface area (Å²) in [5.41, 5.74) is -5.32. The molecule has 48 heavy (non-hydrogen) atoms. The van der Waals surface area contributed by atoms with E-state index < -0.39 is 68.4 Å². The first kappa shape index (κ1) is 35.6. The van der Waals surface area contributed by atoms with E-state index in [9.17, 15) is 53.8 Å². The molecule has 6 nitrogen and oxygen atoms in total. The molecule has 14 heteroatoms. The smallest absolute Gasteiger partial charge is 0.435 e. The van der Waals surface area contributed by atoms with Crippen molar-refractivity contribution in [1.29, 1.82) is 0 Å². The van der Waals surface area contributed by atoms with Gasteiger partial charge in [0, 0.05) is 24.6 Å². The number of carbonyl (C=O) groups excluding carboxylic acids is 1. The summed E-state index contributed by atoms with van der Waals surface area (Å²) in [5.74, 6) is -2.57. The Kier molecular flexibility index (Phi) is 9.39. The summed E-state index contributed by atoms with van der Waals surface area (Å²) in [4.78, 5) is 26.2. The number of carboxylic acid groups (broad SMARTS) is 1. The summed E-state index contributed by atoms with van der Waals surface area (Å²) in [5, 5.41) is 9.33. The number of likely N-dealkylation sites (tertiary alicyclic amines) is 1.